The van der Waals surface area contributed by atoms with E-state index in [-0.39, 0.29) is 59.5 Å². The van der Waals surface area contributed by atoms with Crippen LogP contribution in [0.5, 0.6) is 0 Å². The molecule has 19 nitrogen and oxygen atoms in total. The van der Waals surface area contributed by atoms with Gasteiger partial charge in [-0.3, -0.25) is 33.9 Å². The maximum Gasteiger partial charge on any atom is 0.317 e. The molecule has 6 atom stereocenters. The van der Waals surface area contributed by atoms with Crippen molar-refractivity contribution in [1.29, 1.82) is 0 Å². The molecule has 0 radical (unpaired) electrons. The Hall–Kier alpha value is -6.94. The number of unbranched alkanes of at least 4 members (excludes halogenated alkanes) is 4. The number of hydrogen-bond donors (Lipinski definition) is 5. The van der Waals surface area contributed by atoms with E-state index in [4.69, 9.17) is 9.97 Å². The van der Waals surface area contributed by atoms with E-state index in [0.29, 0.717) is 77.9 Å². The quantitative estimate of drug-likeness (QED) is 0.0405. The molecule has 0 saturated carbocycles. The van der Waals surface area contributed by atoms with Crippen molar-refractivity contribution in [2.24, 2.45) is 11.8 Å². The molecule has 4 saturated heterocycles. The molecule has 6 aromatic rings. The lowest BCUT2D eigenvalue weighted by molar-refractivity contribution is -0.140. The number of likely N-dealkylation sites (tertiary alicyclic amines) is 4. The number of rotatable bonds is 22. The van der Waals surface area contributed by atoms with Gasteiger partial charge in [0.2, 0.25) is 29.5 Å². The third-order valence-corrected chi connectivity index (χ3v) is 19.9. The average Bonchev–Trinajstić information content (AvgIpc) is 4.09. The number of hydrogen-bond acceptors (Lipinski definition) is 14. The first-order chi connectivity index (χ1) is 40.9. The lowest BCUT2D eigenvalue weighted by Crippen LogP contribution is -2.57. The summed E-state index contributed by atoms with van der Waals surface area (Å²) in [6, 6.07) is 21.0. The number of benzene rings is 2. The van der Waals surface area contributed by atoms with Crippen molar-refractivity contribution in [3.05, 3.63) is 95.2 Å². The summed E-state index contributed by atoms with van der Waals surface area (Å²) in [7, 11) is 3.46. The van der Waals surface area contributed by atoms with E-state index in [0.717, 1.165) is 111 Å². The van der Waals surface area contributed by atoms with Crippen LogP contribution in [-0.4, -0.2) is 159 Å². The Morgan fingerprint density at radius 3 is 1.45 bits per heavy atom. The number of nitrogens with zero attached hydrogens (tertiary/aromatic N) is 8. The van der Waals surface area contributed by atoms with Crippen molar-refractivity contribution in [1.82, 2.24) is 66.1 Å². The van der Waals surface area contributed by atoms with Gasteiger partial charge in [-0.2, -0.15) is 0 Å². The maximum absolute atomic E-state index is 14.7. The molecule has 4 aromatic heterocycles. The molecule has 21 heteroatoms. The summed E-state index contributed by atoms with van der Waals surface area (Å²) in [6.45, 7) is 7.29. The number of aromatic nitrogens is 4. The number of nitrogens with one attached hydrogen (secondary N) is 5. The van der Waals surface area contributed by atoms with Gasteiger partial charge in [-0.05, 0) is 116 Å². The molecule has 0 bridgehead atoms. The number of urea groups is 1. The molecule has 0 spiro atoms. The van der Waals surface area contributed by atoms with E-state index in [1.54, 1.807) is 50.6 Å². The molecular formula is C63H81N13O6S2. The number of fused-ring (bicyclic) bond motifs is 2. The minimum Gasteiger partial charge on any atom is -0.343 e. The number of likely N-dealkylation sites (N-methyl/N-ethyl adjacent to an activating group) is 2. The highest BCUT2D eigenvalue weighted by molar-refractivity contribution is 7.19. The molecule has 0 aliphatic carbocycles. The molecule has 5 N–H and O–H groups in total. The number of carbonyl (C=O) groups is 6. The van der Waals surface area contributed by atoms with Crippen LogP contribution < -0.4 is 26.6 Å². The highest BCUT2D eigenvalue weighted by Gasteiger charge is 2.43. The van der Waals surface area contributed by atoms with Crippen molar-refractivity contribution < 1.29 is 28.8 Å². The van der Waals surface area contributed by atoms with Gasteiger partial charge in [0.25, 0.3) is 0 Å². The summed E-state index contributed by atoms with van der Waals surface area (Å²) in [6.07, 6.45) is 14.1. The largest absolute Gasteiger partial charge is 0.343 e. The minimum absolute atomic E-state index is 0.0915. The molecule has 4 aliphatic heterocycles. The van der Waals surface area contributed by atoms with Gasteiger partial charge in [-0.25, -0.2) is 14.8 Å². The zero-order valence-corrected chi connectivity index (χ0v) is 50.5. The van der Waals surface area contributed by atoms with Crippen LogP contribution >= 0.6 is 22.7 Å². The van der Waals surface area contributed by atoms with Gasteiger partial charge < -0.3 is 46.2 Å². The highest BCUT2D eigenvalue weighted by Crippen LogP contribution is 2.42. The molecular weight excluding hydrogens is 1100 g/mol. The Bertz CT molecular complexity index is 3020. The third-order valence-electron chi connectivity index (χ3n) is 17.7. The van der Waals surface area contributed by atoms with Crippen LogP contribution in [0.2, 0.25) is 0 Å². The number of piperidine rings is 2. The maximum atomic E-state index is 14.7. The van der Waals surface area contributed by atoms with Gasteiger partial charge in [0.05, 0.1) is 45.0 Å². The standard InChI is InChI=1S/C63H81N13O6S2/c1-40(64-3)57(78)69-53(61(80)75-34-16-22-46(75)59-71-55-48(83-59)25-32-66-51(55)42-18-10-8-11-19-42)44-27-36-73(37-28-44)50(77)24-14-6-5-7-15-31-68-63(82)74-38-29-45(30-39-74)54(70-58(79)41(2)65-4)62(81)76-35-17-23-47(76)60-72-56-49(84-60)26-33-67-52(56)43-20-12-9-13-21-43/h8-13,18-21,25-26,32-33,40-41,44-47,53-54,64-65H,5-7,14-17,22-24,27-31,34-39H2,1-4H3,(H,68,82)(H,69,78)(H,70,79)/t40-,41-,46-,47-,53-,54-/m0/s1. The highest BCUT2D eigenvalue weighted by atomic mass is 32.1. The normalized spacial score (nSPS) is 19.3. The first-order valence-corrected chi connectivity index (χ1v) is 32.0. The lowest BCUT2D eigenvalue weighted by Gasteiger charge is -2.38. The third kappa shape index (κ3) is 13.9. The van der Waals surface area contributed by atoms with E-state index in [1.807, 2.05) is 105 Å². The number of thiazole rings is 2. The summed E-state index contributed by atoms with van der Waals surface area (Å²) in [5.74, 6) is -0.808. The fraction of sp³-hybridized carbons (Fsp3) is 0.524. The second-order valence-corrected chi connectivity index (χ2v) is 25.1. The number of carbonyl (C=O) groups excluding carboxylic acids is 6. The van der Waals surface area contributed by atoms with E-state index in [1.165, 1.54) is 0 Å². The van der Waals surface area contributed by atoms with Crippen molar-refractivity contribution >= 4 is 78.7 Å². The Morgan fingerprint density at radius 2 is 0.988 bits per heavy atom. The Kier molecular flexibility index (Phi) is 20.3. The van der Waals surface area contributed by atoms with Crippen LogP contribution in [-0.2, 0) is 24.0 Å². The molecule has 84 heavy (non-hydrogen) atoms. The van der Waals surface area contributed by atoms with E-state index >= 15 is 0 Å². The topological polar surface area (TPSA) is 227 Å². The van der Waals surface area contributed by atoms with Crippen LogP contribution in [0, 0.1) is 11.8 Å². The predicted octanol–water partition coefficient (Wildman–Crippen LogP) is 8.24. The van der Waals surface area contributed by atoms with Gasteiger partial charge in [0.1, 0.15) is 33.1 Å². The minimum atomic E-state index is -0.736. The zero-order chi connectivity index (χ0) is 58.7. The Morgan fingerprint density at radius 1 is 0.548 bits per heavy atom. The van der Waals surface area contributed by atoms with Crippen molar-refractivity contribution in [3.63, 3.8) is 0 Å². The van der Waals surface area contributed by atoms with Gasteiger partial charge >= 0.3 is 6.03 Å². The van der Waals surface area contributed by atoms with Gasteiger partial charge in [-0.15, -0.1) is 22.7 Å². The summed E-state index contributed by atoms with van der Waals surface area (Å²) >= 11 is 3.19. The number of amides is 7. The lowest BCUT2D eigenvalue weighted by atomic mass is 9.87. The van der Waals surface area contributed by atoms with Crippen molar-refractivity contribution in [3.8, 4) is 22.5 Å². The smallest absolute Gasteiger partial charge is 0.317 e. The zero-order valence-electron chi connectivity index (χ0n) is 48.9. The van der Waals surface area contributed by atoms with E-state index in [9.17, 15) is 28.8 Å². The first-order valence-electron chi connectivity index (χ1n) is 30.4. The fourth-order valence-corrected chi connectivity index (χ4v) is 14.7. The average molecular weight is 1180 g/mol. The van der Waals surface area contributed by atoms with Gasteiger partial charge in [0, 0.05) is 75.8 Å². The van der Waals surface area contributed by atoms with Gasteiger partial charge in [-0.1, -0.05) is 79.9 Å². The predicted molar refractivity (Wildman–Crippen MR) is 329 cm³/mol. The molecule has 2 aromatic carbocycles. The SMILES string of the molecule is CN[C@@H](C)C(=O)N[C@H](C(=O)N1CCC[C@H]1c1nc2c(-c3ccccc3)nccc2s1)C1CCN(C(=O)CCCCCCCNC(=O)N2CCC([C@H](NC(=O)[C@H](C)NC)C(=O)N3CCC[C@H]3c3nc4c(-c5ccccc5)nccc4s3)CC2)CC1. The summed E-state index contributed by atoms with van der Waals surface area (Å²) < 4.78 is 2.04. The molecule has 4 aliphatic rings. The second kappa shape index (κ2) is 28.3. The van der Waals surface area contributed by atoms with E-state index in [2.05, 4.69) is 36.6 Å². The molecule has 10 rings (SSSR count). The molecule has 8 heterocycles. The van der Waals surface area contributed by atoms with Gasteiger partial charge in [0.15, 0.2) is 0 Å². The summed E-state index contributed by atoms with van der Waals surface area (Å²) in [4.78, 5) is 110. The monoisotopic (exact) mass is 1180 g/mol. The molecule has 4 fully saturated rings. The van der Waals surface area contributed by atoms with Crippen LogP contribution in [0.4, 0.5) is 4.79 Å². The molecule has 7 amide bonds. The van der Waals surface area contributed by atoms with Crippen LogP contribution in [0.1, 0.15) is 126 Å². The fourth-order valence-electron chi connectivity index (χ4n) is 12.5. The Balaban J connectivity index is 0.652. The van der Waals surface area contributed by atoms with Crippen molar-refractivity contribution in [2.75, 3.05) is 59.9 Å². The summed E-state index contributed by atoms with van der Waals surface area (Å²) in [5, 5.41) is 17.1. The Labute approximate surface area is 500 Å². The molecule has 0 unspecified atom stereocenters. The summed E-state index contributed by atoms with van der Waals surface area (Å²) in [5.41, 5.74) is 5.27. The first kappa shape index (κ1) is 60.2. The van der Waals surface area contributed by atoms with E-state index < -0.39 is 24.2 Å². The number of pyridine rings is 2. The van der Waals surface area contributed by atoms with Crippen LogP contribution in [0.25, 0.3) is 42.9 Å². The van der Waals surface area contributed by atoms with Crippen molar-refractivity contribution in [2.45, 2.75) is 140 Å². The van der Waals surface area contributed by atoms with Crippen LogP contribution in [0.3, 0.4) is 0 Å². The van der Waals surface area contributed by atoms with Crippen LogP contribution in [0.15, 0.2) is 85.2 Å². The second-order valence-electron chi connectivity index (χ2n) is 23.0. The molecule has 446 valence electrons.